The zero-order valence-electron chi connectivity index (χ0n) is 9.70. The molecule has 0 aromatic heterocycles. The molecular weight excluding hydrogens is 284 g/mol. The summed E-state index contributed by atoms with van der Waals surface area (Å²) in [6.45, 7) is 3.31. The number of ether oxygens (including phenoxy) is 1. The number of ketones is 1. The first kappa shape index (κ1) is 13.6. The van der Waals surface area contributed by atoms with Gasteiger partial charge in [-0.1, -0.05) is 28.1 Å². The molecule has 0 aliphatic carbocycles. The second kappa shape index (κ2) is 6.35. The molecule has 1 aromatic rings. The molecular formula is C13H13BrO3. The van der Waals surface area contributed by atoms with Gasteiger partial charge in [0.05, 0.1) is 6.61 Å². The lowest BCUT2D eigenvalue weighted by Gasteiger charge is -2.03. The van der Waals surface area contributed by atoms with E-state index in [4.69, 9.17) is 4.74 Å². The summed E-state index contributed by atoms with van der Waals surface area (Å²) in [6.07, 6.45) is 1.53. The van der Waals surface area contributed by atoms with Crippen molar-refractivity contribution in [2.75, 3.05) is 6.61 Å². The van der Waals surface area contributed by atoms with Crippen molar-refractivity contribution in [1.29, 1.82) is 0 Å². The molecule has 0 heterocycles. The number of esters is 1. The molecule has 0 aliphatic rings. The molecule has 1 aromatic carbocycles. The minimum absolute atomic E-state index is 0.0640. The van der Waals surface area contributed by atoms with E-state index in [1.54, 1.807) is 6.92 Å². The lowest BCUT2D eigenvalue weighted by atomic mass is 10.1. The van der Waals surface area contributed by atoms with Crippen LogP contribution in [0.2, 0.25) is 0 Å². The highest BCUT2D eigenvalue weighted by Crippen LogP contribution is 2.14. The minimum atomic E-state index is -0.581. The fourth-order valence-electron chi connectivity index (χ4n) is 1.24. The predicted molar refractivity (Wildman–Crippen MR) is 69.4 cm³/mol. The standard InChI is InChI=1S/C13H13BrO3/c1-3-17-13(16)12(9(2)15)8-10-4-6-11(14)7-5-10/h4-8H,3H2,1-2H3. The largest absolute Gasteiger partial charge is 0.462 e. The second-order valence-electron chi connectivity index (χ2n) is 3.39. The topological polar surface area (TPSA) is 43.4 Å². The van der Waals surface area contributed by atoms with Gasteiger partial charge in [-0.05, 0) is 37.6 Å². The third-order valence-corrected chi connectivity index (χ3v) is 2.58. The number of rotatable bonds is 4. The molecule has 0 unspecified atom stereocenters. The normalized spacial score (nSPS) is 11.1. The molecule has 0 spiro atoms. The Morgan fingerprint density at radius 2 is 1.88 bits per heavy atom. The number of Topliss-reactive ketones (excluding diaryl/α,β-unsaturated/α-hetero) is 1. The molecule has 0 saturated heterocycles. The molecule has 4 heteroatoms. The maximum Gasteiger partial charge on any atom is 0.341 e. The Kier molecular flexibility index (Phi) is 5.10. The first-order valence-electron chi connectivity index (χ1n) is 5.20. The van der Waals surface area contributed by atoms with Crippen LogP contribution in [0.4, 0.5) is 0 Å². The summed E-state index contributed by atoms with van der Waals surface area (Å²) in [5.74, 6) is -0.880. The highest BCUT2D eigenvalue weighted by molar-refractivity contribution is 9.10. The lowest BCUT2D eigenvalue weighted by molar-refractivity contribution is -0.139. The zero-order chi connectivity index (χ0) is 12.8. The van der Waals surface area contributed by atoms with Gasteiger partial charge < -0.3 is 4.74 Å². The number of benzene rings is 1. The summed E-state index contributed by atoms with van der Waals surface area (Å²) in [4.78, 5) is 22.9. The van der Waals surface area contributed by atoms with E-state index in [0.29, 0.717) is 0 Å². The first-order valence-corrected chi connectivity index (χ1v) is 5.99. The molecule has 0 N–H and O–H groups in total. The molecule has 0 saturated carbocycles. The lowest BCUT2D eigenvalue weighted by Crippen LogP contribution is -2.13. The van der Waals surface area contributed by atoms with E-state index in [0.717, 1.165) is 10.0 Å². The van der Waals surface area contributed by atoms with Crippen molar-refractivity contribution in [3.63, 3.8) is 0 Å². The molecule has 0 fully saturated rings. The average Bonchev–Trinajstić information content (AvgIpc) is 2.28. The number of carbonyl (C=O) groups excluding carboxylic acids is 2. The van der Waals surface area contributed by atoms with Crippen LogP contribution in [0.5, 0.6) is 0 Å². The summed E-state index contributed by atoms with van der Waals surface area (Å²) in [6, 6.07) is 7.31. The molecule has 0 aliphatic heterocycles. The Morgan fingerprint density at radius 3 is 2.35 bits per heavy atom. The molecule has 0 atom stereocenters. The fourth-order valence-corrected chi connectivity index (χ4v) is 1.50. The van der Waals surface area contributed by atoms with Crippen molar-refractivity contribution < 1.29 is 14.3 Å². The van der Waals surface area contributed by atoms with Gasteiger partial charge in [0.1, 0.15) is 5.57 Å². The molecule has 90 valence electrons. The molecule has 0 radical (unpaired) electrons. The van der Waals surface area contributed by atoms with Gasteiger partial charge in [0.2, 0.25) is 0 Å². The first-order chi connectivity index (χ1) is 8.04. The van der Waals surface area contributed by atoms with E-state index >= 15 is 0 Å². The summed E-state index contributed by atoms with van der Waals surface area (Å²) in [7, 11) is 0. The minimum Gasteiger partial charge on any atom is -0.462 e. The summed E-state index contributed by atoms with van der Waals surface area (Å²) < 4.78 is 5.76. The Hall–Kier alpha value is -1.42. The average molecular weight is 297 g/mol. The number of hydrogen-bond acceptors (Lipinski definition) is 3. The molecule has 1 rings (SSSR count). The van der Waals surface area contributed by atoms with Crippen molar-refractivity contribution >= 4 is 33.8 Å². The van der Waals surface area contributed by atoms with Crippen molar-refractivity contribution in [2.24, 2.45) is 0 Å². The van der Waals surface area contributed by atoms with Gasteiger partial charge >= 0.3 is 5.97 Å². The third kappa shape index (κ3) is 4.15. The van der Waals surface area contributed by atoms with Gasteiger partial charge in [-0.15, -0.1) is 0 Å². The van der Waals surface area contributed by atoms with E-state index in [9.17, 15) is 9.59 Å². The van der Waals surface area contributed by atoms with Crippen molar-refractivity contribution in [2.45, 2.75) is 13.8 Å². The maximum atomic E-state index is 11.5. The molecule has 0 amide bonds. The van der Waals surface area contributed by atoms with Crippen LogP contribution in [0.25, 0.3) is 6.08 Å². The summed E-state index contributed by atoms with van der Waals surface area (Å²) >= 11 is 3.32. The van der Waals surface area contributed by atoms with E-state index < -0.39 is 5.97 Å². The van der Waals surface area contributed by atoms with E-state index in [2.05, 4.69) is 15.9 Å². The van der Waals surface area contributed by atoms with Crippen molar-refractivity contribution in [1.82, 2.24) is 0 Å². The van der Waals surface area contributed by atoms with Crippen LogP contribution in [0.1, 0.15) is 19.4 Å². The van der Waals surface area contributed by atoms with Gasteiger partial charge in [-0.3, -0.25) is 4.79 Å². The van der Waals surface area contributed by atoms with E-state index in [1.807, 2.05) is 24.3 Å². The summed E-state index contributed by atoms with van der Waals surface area (Å²) in [5, 5.41) is 0. The van der Waals surface area contributed by atoms with Gasteiger partial charge in [0, 0.05) is 4.47 Å². The summed E-state index contributed by atoms with van der Waals surface area (Å²) in [5.41, 5.74) is 0.848. The Labute approximate surface area is 109 Å². The van der Waals surface area contributed by atoms with Crippen LogP contribution in [0.15, 0.2) is 34.3 Å². The predicted octanol–water partition coefficient (Wildman–Crippen LogP) is 2.98. The van der Waals surface area contributed by atoms with Gasteiger partial charge in [0.15, 0.2) is 5.78 Å². The smallest absolute Gasteiger partial charge is 0.341 e. The third-order valence-electron chi connectivity index (χ3n) is 2.06. The quantitative estimate of drug-likeness (QED) is 0.371. The van der Waals surface area contributed by atoms with Gasteiger partial charge in [0.25, 0.3) is 0 Å². The number of hydrogen-bond donors (Lipinski definition) is 0. The SMILES string of the molecule is CCOC(=O)C(=Cc1ccc(Br)cc1)C(C)=O. The van der Waals surface area contributed by atoms with Gasteiger partial charge in [-0.2, -0.15) is 0 Å². The van der Waals surface area contributed by atoms with Gasteiger partial charge in [-0.25, -0.2) is 4.79 Å². The number of carbonyl (C=O) groups is 2. The maximum absolute atomic E-state index is 11.5. The van der Waals surface area contributed by atoms with Crippen molar-refractivity contribution in [3.8, 4) is 0 Å². The Morgan fingerprint density at radius 1 is 1.29 bits per heavy atom. The fraction of sp³-hybridized carbons (Fsp3) is 0.231. The Balaban J connectivity index is 3.02. The second-order valence-corrected chi connectivity index (χ2v) is 4.30. The van der Waals surface area contributed by atoms with Crippen LogP contribution in [-0.2, 0) is 14.3 Å². The van der Waals surface area contributed by atoms with Crippen LogP contribution in [-0.4, -0.2) is 18.4 Å². The highest BCUT2D eigenvalue weighted by Gasteiger charge is 2.15. The van der Waals surface area contributed by atoms with Crippen molar-refractivity contribution in [3.05, 3.63) is 39.9 Å². The zero-order valence-corrected chi connectivity index (χ0v) is 11.3. The van der Waals surface area contributed by atoms with E-state index in [1.165, 1.54) is 13.0 Å². The van der Waals surface area contributed by atoms with Crippen LogP contribution in [0.3, 0.4) is 0 Å². The number of halogens is 1. The van der Waals surface area contributed by atoms with Crippen LogP contribution in [0, 0.1) is 0 Å². The van der Waals surface area contributed by atoms with Crippen LogP contribution >= 0.6 is 15.9 Å². The monoisotopic (exact) mass is 296 g/mol. The molecule has 3 nitrogen and oxygen atoms in total. The van der Waals surface area contributed by atoms with E-state index in [-0.39, 0.29) is 18.0 Å². The highest BCUT2D eigenvalue weighted by atomic mass is 79.9. The molecule has 17 heavy (non-hydrogen) atoms. The molecule has 0 bridgehead atoms. The Bertz CT molecular complexity index is 446. The van der Waals surface area contributed by atoms with Crippen LogP contribution < -0.4 is 0 Å².